The molecular weight excluding hydrogens is 284 g/mol. The van der Waals surface area contributed by atoms with E-state index in [-0.39, 0.29) is 0 Å². The fourth-order valence-electron chi connectivity index (χ4n) is 2.16. The minimum Gasteiger partial charge on any atom is -0.381 e. The van der Waals surface area contributed by atoms with Gasteiger partial charge >= 0.3 is 0 Å². The molecule has 5 nitrogen and oxygen atoms in total. The molecular formula is C11H13BrN4O. The summed E-state index contributed by atoms with van der Waals surface area (Å²) in [6.07, 6.45) is 3.51. The minimum atomic E-state index is -0.432. The maximum Gasteiger partial charge on any atom is 0.160 e. The minimum absolute atomic E-state index is 0.432. The van der Waals surface area contributed by atoms with E-state index in [0.717, 1.165) is 28.8 Å². The highest BCUT2D eigenvalue weighted by atomic mass is 79.9. The van der Waals surface area contributed by atoms with Crippen molar-refractivity contribution in [3.05, 3.63) is 28.6 Å². The molecule has 0 bridgehead atoms. The van der Waals surface area contributed by atoms with E-state index < -0.39 is 5.54 Å². The largest absolute Gasteiger partial charge is 0.381 e. The van der Waals surface area contributed by atoms with Crippen LogP contribution in [0.2, 0.25) is 0 Å². The molecule has 1 aliphatic rings. The smallest absolute Gasteiger partial charge is 0.160 e. The van der Waals surface area contributed by atoms with Crippen molar-refractivity contribution in [2.24, 2.45) is 5.73 Å². The Hall–Kier alpha value is -0.980. The van der Waals surface area contributed by atoms with E-state index in [2.05, 4.69) is 26.1 Å². The van der Waals surface area contributed by atoms with Crippen LogP contribution in [-0.4, -0.2) is 27.8 Å². The molecule has 6 heteroatoms. The number of pyridine rings is 1. The van der Waals surface area contributed by atoms with Crippen LogP contribution in [-0.2, 0) is 10.3 Å². The molecule has 0 radical (unpaired) electrons. The number of rotatable bonds is 1. The number of ether oxygens (including phenoxy) is 1. The SMILES string of the molecule is NC1(c2nnc3ccc(Br)cn23)CCOCC1. The molecule has 3 heterocycles. The van der Waals surface area contributed by atoms with Crippen LogP contribution in [0.1, 0.15) is 18.7 Å². The first kappa shape index (κ1) is 11.1. The molecule has 3 rings (SSSR count). The Bertz CT molecular complexity index is 547. The van der Waals surface area contributed by atoms with Gasteiger partial charge in [0.2, 0.25) is 0 Å². The number of aromatic nitrogens is 3. The van der Waals surface area contributed by atoms with Crippen molar-refractivity contribution in [3.63, 3.8) is 0 Å². The van der Waals surface area contributed by atoms with E-state index in [1.54, 1.807) is 0 Å². The lowest BCUT2D eigenvalue weighted by Crippen LogP contribution is -2.43. The van der Waals surface area contributed by atoms with Gasteiger partial charge in [-0.05, 0) is 40.9 Å². The summed E-state index contributed by atoms with van der Waals surface area (Å²) in [7, 11) is 0. The van der Waals surface area contributed by atoms with Crippen LogP contribution in [0.5, 0.6) is 0 Å². The molecule has 0 spiro atoms. The molecule has 0 atom stereocenters. The first-order valence-electron chi connectivity index (χ1n) is 5.56. The average Bonchev–Trinajstić information content (AvgIpc) is 2.73. The average molecular weight is 297 g/mol. The number of halogens is 1. The topological polar surface area (TPSA) is 65.4 Å². The molecule has 0 unspecified atom stereocenters. The number of nitrogens with two attached hydrogens (primary N) is 1. The predicted octanol–water partition coefficient (Wildman–Crippen LogP) is 1.46. The zero-order valence-electron chi connectivity index (χ0n) is 9.27. The fraction of sp³-hybridized carbons (Fsp3) is 0.455. The van der Waals surface area contributed by atoms with Gasteiger partial charge in [-0.2, -0.15) is 0 Å². The third kappa shape index (κ3) is 1.86. The van der Waals surface area contributed by atoms with Crippen LogP contribution in [0, 0.1) is 0 Å². The molecule has 0 aromatic carbocycles. The van der Waals surface area contributed by atoms with E-state index in [1.807, 2.05) is 22.7 Å². The molecule has 0 aliphatic carbocycles. The molecule has 2 aromatic rings. The van der Waals surface area contributed by atoms with Gasteiger partial charge in [0.05, 0.1) is 5.54 Å². The molecule has 17 heavy (non-hydrogen) atoms. The monoisotopic (exact) mass is 296 g/mol. The van der Waals surface area contributed by atoms with Crippen molar-refractivity contribution in [2.75, 3.05) is 13.2 Å². The Morgan fingerprint density at radius 2 is 2.06 bits per heavy atom. The lowest BCUT2D eigenvalue weighted by molar-refractivity contribution is 0.0488. The Morgan fingerprint density at radius 3 is 2.82 bits per heavy atom. The van der Waals surface area contributed by atoms with Gasteiger partial charge in [0.1, 0.15) is 0 Å². The van der Waals surface area contributed by atoms with E-state index in [1.165, 1.54) is 0 Å². The van der Waals surface area contributed by atoms with Gasteiger partial charge in [-0.1, -0.05) is 0 Å². The van der Waals surface area contributed by atoms with Gasteiger partial charge in [0, 0.05) is 23.9 Å². The molecule has 1 saturated heterocycles. The van der Waals surface area contributed by atoms with Crippen LogP contribution >= 0.6 is 15.9 Å². The van der Waals surface area contributed by atoms with Gasteiger partial charge < -0.3 is 10.5 Å². The quantitative estimate of drug-likeness (QED) is 0.865. The van der Waals surface area contributed by atoms with Crippen molar-refractivity contribution in [1.29, 1.82) is 0 Å². The highest BCUT2D eigenvalue weighted by molar-refractivity contribution is 9.10. The number of fused-ring (bicyclic) bond motifs is 1. The summed E-state index contributed by atoms with van der Waals surface area (Å²) in [5.74, 6) is 0.817. The normalized spacial score (nSPS) is 19.6. The number of hydrogen-bond donors (Lipinski definition) is 1. The summed E-state index contributed by atoms with van der Waals surface area (Å²) in [5, 5.41) is 8.39. The molecule has 1 fully saturated rings. The Morgan fingerprint density at radius 1 is 1.29 bits per heavy atom. The Labute approximate surface area is 107 Å². The first-order chi connectivity index (χ1) is 8.19. The van der Waals surface area contributed by atoms with Crippen molar-refractivity contribution in [1.82, 2.24) is 14.6 Å². The van der Waals surface area contributed by atoms with Gasteiger partial charge in [-0.3, -0.25) is 4.40 Å². The highest BCUT2D eigenvalue weighted by Gasteiger charge is 2.34. The van der Waals surface area contributed by atoms with Crippen molar-refractivity contribution in [3.8, 4) is 0 Å². The third-order valence-corrected chi connectivity index (χ3v) is 3.67. The second-order valence-corrected chi connectivity index (χ2v) is 5.28. The van der Waals surface area contributed by atoms with Crippen molar-refractivity contribution in [2.45, 2.75) is 18.4 Å². The first-order valence-corrected chi connectivity index (χ1v) is 6.36. The van der Waals surface area contributed by atoms with Gasteiger partial charge in [0.25, 0.3) is 0 Å². The number of hydrogen-bond acceptors (Lipinski definition) is 4. The van der Waals surface area contributed by atoms with Gasteiger partial charge in [-0.15, -0.1) is 10.2 Å². The fourth-order valence-corrected chi connectivity index (χ4v) is 2.50. The molecule has 2 aromatic heterocycles. The summed E-state index contributed by atoms with van der Waals surface area (Å²) >= 11 is 3.45. The second-order valence-electron chi connectivity index (χ2n) is 4.37. The lowest BCUT2D eigenvalue weighted by Gasteiger charge is -2.31. The molecule has 2 N–H and O–H groups in total. The zero-order chi connectivity index (χ0) is 11.9. The third-order valence-electron chi connectivity index (χ3n) is 3.20. The molecule has 0 amide bonds. The van der Waals surface area contributed by atoms with Crippen LogP contribution < -0.4 is 5.73 Å². The summed E-state index contributed by atoms with van der Waals surface area (Å²) in [6, 6.07) is 3.87. The van der Waals surface area contributed by atoms with E-state index in [4.69, 9.17) is 10.5 Å². The second kappa shape index (κ2) is 4.04. The summed E-state index contributed by atoms with van der Waals surface area (Å²) in [6.45, 7) is 1.36. The lowest BCUT2D eigenvalue weighted by atomic mass is 9.90. The number of nitrogens with zero attached hydrogens (tertiary/aromatic N) is 3. The van der Waals surface area contributed by atoms with E-state index in [9.17, 15) is 0 Å². The van der Waals surface area contributed by atoms with Crippen molar-refractivity contribution < 1.29 is 4.74 Å². The summed E-state index contributed by atoms with van der Waals surface area (Å²) < 4.78 is 8.29. The van der Waals surface area contributed by atoms with Gasteiger partial charge in [-0.25, -0.2) is 0 Å². The summed E-state index contributed by atoms with van der Waals surface area (Å²) in [4.78, 5) is 0. The van der Waals surface area contributed by atoms with Crippen molar-refractivity contribution >= 4 is 21.6 Å². The standard InChI is InChI=1S/C11H13BrN4O/c12-8-1-2-9-14-15-10(16(9)7-8)11(13)3-5-17-6-4-11/h1-2,7H,3-6,13H2. The van der Waals surface area contributed by atoms with E-state index >= 15 is 0 Å². The van der Waals surface area contributed by atoms with Crippen LogP contribution in [0.25, 0.3) is 5.65 Å². The molecule has 0 saturated carbocycles. The highest BCUT2D eigenvalue weighted by Crippen LogP contribution is 2.28. The summed E-state index contributed by atoms with van der Waals surface area (Å²) in [5.41, 5.74) is 6.81. The predicted molar refractivity (Wildman–Crippen MR) is 66.6 cm³/mol. The molecule has 1 aliphatic heterocycles. The molecule has 90 valence electrons. The van der Waals surface area contributed by atoms with Crippen LogP contribution in [0.4, 0.5) is 0 Å². The van der Waals surface area contributed by atoms with Gasteiger partial charge in [0.15, 0.2) is 11.5 Å². The Balaban J connectivity index is 2.13. The van der Waals surface area contributed by atoms with Crippen LogP contribution in [0.3, 0.4) is 0 Å². The zero-order valence-corrected chi connectivity index (χ0v) is 10.9. The Kier molecular flexibility index (Phi) is 2.65. The maximum absolute atomic E-state index is 6.42. The maximum atomic E-state index is 6.42. The van der Waals surface area contributed by atoms with Crippen LogP contribution in [0.15, 0.2) is 22.8 Å². The van der Waals surface area contributed by atoms with E-state index in [0.29, 0.717) is 13.2 Å².